The minimum absolute atomic E-state index is 0.108. The molecular formula is C25H38N2O2. The zero-order valence-electron chi connectivity index (χ0n) is 18.5. The molecule has 0 saturated heterocycles. The van der Waals surface area contributed by atoms with Gasteiger partial charge in [-0.3, -0.25) is 4.79 Å². The van der Waals surface area contributed by atoms with Gasteiger partial charge in [-0.25, -0.2) is 0 Å². The van der Waals surface area contributed by atoms with Crippen LogP contribution in [0.4, 0.5) is 0 Å². The lowest BCUT2D eigenvalue weighted by atomic mass is 9.84. The van der Waals surface area contributed by atoms with E-state index in [-0.39, 0.29) is 18.0 Å². The number of nitrogens with one attached hydrogen (secondary N) is 1. The summed E-state index contributed by atoms with van der Waals surface area (Å²) in [6.45, 7) is 6.01. The Morgan fingerprint density at radius 3 is 2.45 bits per heavy atom. The summed E-state index contributed by atoms with van der Waals surface area (Å²) in [6.07, 6.45) is 6.57. The Bertz CT molecular complexity index is 750. The van der Waals surface area contributed by atoms with Crippen molar-refractivity contribution in [2.24, 2.45) is 11.7 Å². The van der Waals surface area contributed by atoms with Crippen LogP contribution in [0.3, 0.4) is 0 Å². The second-order valence-electron chi connectivity index (χ2n) is 7.86. The van der Waals surface area contributed by atoms with Gasteiger partial charge in [0.05, 0.1) is 6.04 Å². The van der Waals surface area contributed by atoms with Crippen LogP contribution in [0.2, 0.25) is 0 Å². The van der Waals surface area contributed by atoms with Crippen LogP contribution < -0.4 is 11.1 Å². The molecule has 3 N–H and O–H groups in total. The molecule has 0 aromatic heterocycles. The fraction of sp³-hybridized carbons (Fsp3) is 0.560. The molecule has 0 heterocycles. The molecule has 0 bridgehead atoms. The van der Waals surface area contributed by atoms with E-state index in [0.29, 0.717) is 5.92 Å². The van der Waals surface area contributed by atoms with Crippen LogP contribution in [0.25, 0.3) is 10.8 Å². The summed E-state index contributed by atoms with van der Waals surface area (Å²) in [5, 5.41) is 5.45. The Balaban J connectivity index is 0.00000145. The molecule has 29 heavy (non-hydrogen) atoms. The molecule has 3 atom stereocenters. The van der Waals surface area contributed by atoms with Crippen molar-refractivity contribution >= 4 is 16.7 Å². The summed E-state index contributed by atoms with van der Waals surface area (Å²) in [5.74, 6) is 0.496. The van der Waals surface area contributed by atoms with Gasteiger partial charge in [0.15, 0.2) is 6.10 Å². The molecule has 1 saturated carbocycles. The number of ether oxygens (including phenoxy) is 1. The number of rotatable bonds is 7. The molecule has 1 aliphatic rings. The Hall–Kier alpha value is -1.91. The van der Waals surface area contributed by atoms with Gasteiger partial charge < -0.3 is 15.8 Å². The highest BCUT2D eigenvalue weighted by atomic mass is 16.5. The van der Waals surface area contributed by atoms with Crippen LogP contribution in [0.15, 0.2) is 42.5 Å². The predicted molar refractivity (Wildman–Crippen MR) is 122 cm³/mol. The number of fused-ring (bicyclic) bond motifs is 1. The zero-order chi connectivity index (χ0) is 21.2. The predicted octanol–water partition coefficient (Wildman–Crippen LogP) is 5.36. The van der Waals surface area contributed by atoms with E-state index >= 15 is 0 Å². The molecule has 4 heteroatoms. The van der Waals surface area contributed by atoms with Crippen LogP contribution in [-0.4, -0.2) is 25.2 Å². The van der Waals surface area contributed by atoms with Gasteiger partial charge in [0.1, 0.15) is 0 Å². The molecule has 1 aliphatic carbocycles. The maximum absolute atomic E-state index is 12.9. The summed E-state index contributed by atoms with van der Waals surface area (Å²) in [6, 6.07) is 14.0. The van der Waals surface area contributed by atoms with Crippen molar-refractivity contribution in [3.05, 3.63) is 48.0 Å². The van der Waals surface area contributed by atoms with Crippen LogP contribution in [0.5, 0.6) is 0 Å². The quantitative estimate of drug-likeness (QED) is 0.660. The van der Waals surface area contributed by atoms with E-state index in [4.69, 9.17) is 10.5 Å². The van der Waals surface area contributed by atoms with Crippen molar-refractivity contribution in [1.82, 2.24) is 5.32 Å². The number of hydrogen-bond donors (Lipinski definition) is 2. The summed E-state index contributed by atoms with van der Waals surface area (Å²) in [5.41, 5.74) is 7.49. The summed E-state index contributed by atoms with van der Waals surface area (Å²) < 4.78 is 5.50. The lowest BCUT2D eigenvalue weighted by molar-refractivity contribution is -0.133. The van der Waals surface area contributed by atoms with Crippen molar-refractivity contribution < 1.29 is 9.53 Å². The molecule has 3 rings (SSSR count). The Labute approximate surface area is 176 Å². The van der Waals surface area contributed by atoms with Crippen molar-refractivity contribution in [1.29, 1.82) is 0 Å². The fourth-order valence-corrected chi connectivity index (χ4v) is 4.41. The normalized spacial score (nSPS) is 17.7. The second kappa shape index (κ2) is 11.9. The summed E-state index contributed by atoms with van der Waals surface area (Å²) in [7, 11) is 1.58. The Morgan fingerprint density at radius 1 is 1.10 bits per heavy atom. The molecule has 0 spiro atoms. The maximum Gasteiger partial charge on any atom is 0.251 e. The summed E-state index contributed by atoms with van der Waals surface area (Å²) in [4.78, 5) is 12.9. The molecule has 0 radical (unpaired) electrons. The van der Waals surface area contributed by atoms with Gasteiger partial charge in [0.25, 0.3) is 5.91 Å². The fourth-order valence-electron chi connectivity index (χ4n) is 4.41. The first-order valence-electron chi connectivity index (χ1n) is 11.2. The Kier molecular flexibility index (Phi) is 9.62. The summed E-state index contributed by atoms with van der Waals surface area (Å²) >= 11 is 0. The maximum atomic E-state index is 12.9. The number of amides is 1. The number of methoxy groups -OCH3 is 1. The minimum atomic E-state index is -0.607. The topological polar surface area (TPSA) is 64.3 Å². The third-order valence-corrected chi connectivity index (χ3v) is 5.88. The van der Waals surface area contributed by atoms with E-state index < -0.39 is 6.10 Å². The highest BCUT2D eigenvalue weighted by molar-refractivity contribution is 5.87. The second-order valence-corrected chi connectivity index (χ2v) is 7.86. The van der Waals surface area contributed by atoms with E-state index in [1.54, 1.807) is 7.11 Å². The largest absolute Gasteiger partial charge is 0.370 e. The van der Waals surface area contributed by atoms with Gasteiger partial charge in [-0.1, -0.05) is 88.4 Å². The minimum Gasteiger partial charge on any atom is -0.370 e. The van der Waals surface area contributed by atoms with Crippen molar-refractivity contribution in [2.45, 2.75) is 77.5 Å². The SMILES string of the molecule is CC.COC(C(=O)NC(C)c1cccc2ccccc12)C(N)CC1CCCCC1. The van der Waals surface area contributed by atoms with Crippen LogP contribution in [0, 0.1) is 5.92 Å². The van der Waals surface area contributed by atoms with Crippen LogP contribution >= 0.6 is 0 Å². The lowest BCUT2D eigenvalue weighted by Gasteiger charge is -2.29. The smallest absolute Gasteiger partial charge is 0.251 e. The Morgan fingerprint density at radius 2 is 1.76 bits per heavy atom. The van der Waals surface area contributed by atoms with E-state index in [9.17, 15) is 4.79 Å². The number of hydrogen-bond acceptors (Lipinski definition) is 3. The van der Waals surface area contributed by atoms with Gasteiger partial charge in [-0.15, -0.1) is 0 Å². The monoisotopic (exact) mass is 398 g/mol. The van der Waals surface area contributed by atoms with Gasteiger partial charge in [-0.2, -0.15) is 0 Å². The van der Waals surface area contributed by atoms with Crippen LogP contribution in [0.1, 0.15) is 70.9 Å². The van der Waals surface area contributed by atoms with Crippen molar-refractivity contribution in [2.75, 3.05) is 7.11 Å². The van der Waals surface area contributed by atoms with E-state index in [1.807, 2.05) is 39.0 Å². The molecule has 3 unspecified atom stereocenters. The first-order chi connectivity index (χ1) is 14.1. The first-order valence-corrected chi connectivity index (χ1v) is 11.2. The average molecular weight is 399 g/mol. The number of nitrogens with two attached hydrogens (primary N) is 1. The van der Waals surface area contributed by atoms with E-state index in [2.05, 4.69) is 29.6 Å². The standard InChI is InChI=1S/C23H32N2O2.C2H6/c1-16(19-14-8-12-18-11-6-7-13-20(18)19)25-23(26)22(27-2)21(24)15-17-9-4-3-5-10-17;1-2/h6-8,11-14,16-17,21-22H,3-5,9-10,15,24H2,1-2H3,(H,25,26);1-2H3. The third kappa shape index (κ3) is 6.28. The number of benzene rings is 2. The number of carbonyl (C=O) groups is 1. The molecular weight excluding hydrogens is 360 g/mol. The molecule has 1 fully saturated rings. The molecule has 1 amide bonds. The van der Waals surface area contributed by atoms with Crippen molar-refractivity contribution in [3.63, 3.8) is 0 Å². The average Bonchev–Trinajstić information content (AvgIpc) is 2.76. The molecule has 2 aromatic carbocycles. The zero-order valence-corrected chi connectivity index (χ0v) is 18.5. The van der Waals surface area contributed by atoms with Crippen molar-refractivity contribution in [3.8, 4) is 0 Å². The number of carbonyl (C=O) groups excluding carboxylic acids is 1. The molecule has 0 aliphatic heterocycles. The highest BCUT2D eigenvalue weighted by Crippen LogP contribution is 2.28. The van der Waals surface area contributed by atoms with E-state index in [0.717, 1.165) is 17.4 Å². The molecule has 4 nitrogen and oxygen atoms in total. The lowest BCUT2D eigenvalue weighted by Crippen LogP contribution is -2.48. The molecule has 2 aromatic rings. The highest BCUT2D eigenvalue weighted by Gasteiger charge is 2.29. The van der Waals surface area contributed by atoms with Gasteiger partial charge in [0, 0.05) is 13.2 Å². The van der Waals surface area contributed by atoms with E-state index in [1.165, 1.54) is 37.5 Å². The van der Waals surface area contributed by atoms with Gasteiger partial charge >= 0.3 is 0 Å². The van der Waals surface area contributed by atoms with Gasteiger partial charge in [-0.05, 0) is 35.6 Å². The molecule has 160 valence electrons. The first kappa shape index (κ1) is 23.4. The third-order valence-electron chi connectivity index (χ3n) is 5.88. The van der Waals surface area contributed by atoms with Gasteiger partial charge in [0.2, 0.25) is 0 Å². The van der Waals surface area contributed by atoms with Crippen LogP contribution in [-0.2, 0) is 9.53 Å².